The van der Waals surface area contributed by atoms with Crippen molar-refractivity contribution in [3.8, 4) is 0 Å². The highest BCUT2D eigenvalue weighted by Crippen LogP contribution is 2.19. The van der Waals surface area contributed by atoms with Crippen LogP contribution < -0.4 is 0 Å². The van der Waals surface area contributed by atoms with Crippen LogP contribution >= 0.6 is 39.3 Å². The van der Waals surface area contributed by atoms with Crippen molar-refractivity contribution < 1.29 is 0 Å². The largest absolute Gasteiger partial charge is 0.249 e. The van der Waals surface area contributed by atoms with Crippen molar-refractivity contribution in [1.29, 1.82) is 0 Å². The van der Waals surface area contributed by atoms with Crippen molar-refractivity contribution in [2.24, 2.45) is 0 Å². The van der Waals surface area contributed by atoms with Gasteiger partial charge in [-0.3, -0.25) is 0 Å². The minimum atomic E-state index is 0.517. The van der Waals surface area contributed by atoms with Crippen molar-refractivity contribution in [2.45, 2.75) is 5.03 Å². The normalized spacial score (nSPS) is 10.0. The molecule has 0 saturated carbocycles. The average molecular weight is 279 g/mol. The van der Waals surface area contributed by atoms with Gasteiger partial charge in [-0.25, -0.2) is 4.98 Å². The summed E-state index contributed by atoms with van der Waals surface area (Å²) in [6, 6.07) is 3.94. The first-order valence-electron chi connectivity index (χ1n) is 3.69. The third kappa shape index (κ3) is 4.16. The van der Waals surface area contributed by atoms with Gasteiger partial charge < -0.3 is 0 Å². The first-order chi connectivity index (χ1) is 6.22. The Bertz CT molecular complexity index is 286. The van der Waals surface area contributed by atoms with Crippen LogP contribution in [-0.2, 0) is 0 Å². The lowest BCUT2D eigenvalue weighted by Gasteiger charge is -2.00. The maximum atomic E-state index is 5.60. The number of thioether (sulfide) groups is 1. The second kappa shape index (κ2) is 5.68. The Kier molecular flexibility index (Phi) is 4.84. The molecule has 1 rings (SSSR count). The minimum absolute atomic E-state index is 0.517. The van der Waals surface area contributed by atoms with E-state index in [2.05, 4.69) is 27.5 Å². The maximum absolute atomic E-state index is 5.60. The highest BCUT2D eigenvalue weighted by molar-refractivity contribution is 9.10. The van der Waals surface area contributed by atoms with Crippen LogP contribution in [0.3, 0.4) is 0 Å². The summed E-state index contributed by atoms with van der Waals surface area (Å²) in [5, 5.41) is 0.995. The zero-order valence-electron chi connectivity index (χ0n) is 6.96. The van der Waals surface area contributed by atoms with E-state index in [-0.39, 0.29) is 0 Å². The van der Waals surface area contributed by atoms with Crippen LogP contribution in [0.15, 0.2) is 40.0 Å². The number of nitrogens with zero attached hydrogens (tertiary/aromatic N) is 1. The number of alkyl halides is 1. The third-order valence-corrected chi connectivity index (χ3v) is 3.25. The van der Waals surface area contributed by atoms with Crippen LogP contribution in [0.4, 0.5) is 0 Å². The second-order valence-corrected chi connectivity index (χ2v) is 4.67. The standard InChI is InChI=1S/C9H9BrClNS/c1-7(4-11)6-13-9-3-2-8(10)5-12-9/h2-3,5H,1,4,6H2. The lowest BCUT2D eigenvalue weighted by atomic mass is 10.4. The summed E-state index contributed by atoms with van der Waals surface area (Å²) in [6.45, 7) is 3.82. The zero-order chi connectivity index (χ0) is 9.68. The average Bonchev–Trinajstić information content (AvgIpc) is 2.16. The van der Waals surface area contributed by atoms with Gasteiger partial charge in [0, 0.05) is 22.3 Å². The number of rotatable bonds is 4. The van der Waals surface area contributed by atoms with Crippen LogP contribution in [0.2, 0.25) is 0 Å². The molecule has 1 aromatic rings. The number of hydrogen-bond acceptors (Lipinski definition) is 2. The molecule has 1 nitrogen and oxygen atoms in total. The molecule has 0 spiro atoms. The molecule has 1 aromatic heterocycles. The molecule has 0 bridgehead atoms. The third-order valence-electron chi connectivity index (χ3n) is 1.31. The summed E-state index contributed by atoms with van der Waals surface area (Å²) >= 11 is 10.6. The van der Waals surface area contributed by atoms with Gasteiger partial charge in [0.1, 0.15) is 0 Å². The van der Waals surface area contributed by atoms with Crippen molar-refractivity contribution in [3.63, 3.8) is 0 Å². The lowest BCUT2D eigenvalue weighted by molar-refractivity contribution is 1.12. The van der Waals surface area contributed by atoms with E-state index < -0.39 is 0 Å². The second-order valence-electron chi connectivity index (χ2n) is 2.49. The van der Waals surface area contributed by atoms with Crippen molar-refractivity contribution >= 4 is 39.3 Å². The van der Waals surface area contributed by atoms with E-state index in [1.807, 2.05) is 12.1 Å². The van der Waals surface area contributed by atoms with Crippen molar-refractivity contribution in [3.05, 3.63) is 35.0 Å². The Balaban J connectivity index is 2.46. The zero-order valence-corrected chi connectivity index (χ0v) is 10.1. The predicted molar refractivity (Wildman–Crippen MR) is 62.5 cm³/mol. The molecule has 0 radical (unpaired) electrons. The maximum Gasteiger partial charge on any atom is 0.0963 e. The fourth-order valence-electron chi connectivity index (χ4n) is 0.662. The minimum Gasteiger partial charge on any atom is -0.249 e. The van der Waals surface area contributed by atoms with Crippen LogP contribution in [0.25, 0.3) is 0 Å². The van der Waals surface area contributed by atoms with E-state index in [4.69, 9.17) is 11.6 Å². The summed E-state index contributed by atoms with van der Waals surface area (Å²) in [7, 11) is 0. The molecule has 0 fully saturated rings. The Labute approximate surface area is 95.7 Å². The smallest absolute Gasteiger partial charge is 0.0963 e. The fourth-order valence-corrected chi connectivity index (χ4v) is 1.85. The van der Waals surface area contributed by atoms with Gasteiger partial charge >= 0.3 is 0 Å². The molecule has 0 aliphatic rings. The van der Waals surface area contributed by atoms with E-state index >= 15 is 0 Å². The van der Waals surface area contributed by atoms with Crippen LogP contribution in [0.1, 0.15) is 0 Å². The molecule has 1 heterocycles. The molecule has 0 unspecified atom stereocenters. The van der Waals surface area contributed by atoms with E-state index in [1.165, 1.54) is 0 Å². The number of aromatic nitrogens is 1. The van der Waals surface area contributed by atoms with E-state index in [0.717, 1.165) is 20.8 Å². The van der Waals surface area contributed by atoms with Gasteiger partial charge in [0.25, 0.3) is 0 Å². The van der Waals surface area contributed by atoms with Gasteiger partial charge in [0.15, 0.2) is 0 Å². The SMILES string of the molecule is C=C(CCl)CSc1ccc(Br)cn1. The highest BCUT2D eigenvalue weighted by atomic mass is 79.9. The lowest BCUT2D eigenvalue weighted by Crippen LogP contribution is -1.87. The van der Waals surface area contributed by atoms with E-state index in [9.17, 15) is 0 Å². The molecule has 0 N–H and O–H groups in total. The topological polar surface area (TPSA) is 12.9 Å². The summed E-state index contributed by atoms with van der Waals surface area (Å²) in [4.78, 5) is 4.22. The molecule has 0 amide bonds. The Morgan fingerprint density at radius 1 is 1.62 bits per heavy atom. The van der Waals surface area contributed by atoms with Crippen molar-refractivity contribution in [1.82, 2.24) is 4.98 Å². The van der Waals surface area contributed by atoms with Crippen molar-refractivity contribution in [2.75, 3.05) is 11.6 Å². The van der Waals surface area contributed by atoms with Crippen LogP contribution in [0.5, 0.6) is 0 Å². The van der Waals surface area contributed by atoms with E-state index in [1.54, 1.807) is 18.0 Å². The molecule has 13 heavy (non-hydrogen) atoms. The summed E-state index contributed by atoms with van der Waals surface area (Å²) in [6.07, 6.45) is 1.78. The molecule has 70 valence electrons. The van der Waals surface area contributed by atoms with Gasteiger partial charge in [-0.2, -0.15) is 0 Å². The van der Waals surface area contributed by atoms with Crippen LogP contribution in [-0.4, -0.2) is 16.6 Å². The van der Waals surface area contributed by atoms with Crippen LogP contribution in [0, 0.1) is 0 Å². The monoisotopic (exact) mass is 277 g/mol. The molecular weight excluding hydrogens is 270 g/mol. The first kappa shape index (κ1) is 11.1. The molecule has 0 aliphatic heterocycles. The van der Waals surface area contributed by atoms with Gasteiger partial charge in [0.05, 0.1) is 5.03 Å². The first-order valence-corrected chi connectivity index (χ1v) is 6.00. The molecule has 0 saturated heterocycles. The Morgan fingerprint density at radius 2 is 2.38 bits per heavy atom. The summed E-state index contributed by atoms with van der Waals surface area (Å²) in [5.41, 5.74) is 1.02. The van der Waals surface area contributed by atoms with Gasteiger partial charge in [-0.1, -0.05) is 12.2 Å². The van der Waals surface area contributed by atoms with Gasteiger partial charge in [0.2, 0.25) is 0 Å². The van der Waals surface area contributed by atoms with Gasteiger partial charge in [-0.15, -0.1) is 23.4 Å². The fraction of sp³-hybridized carbons (Fsp3) is 0.222. The molecule has 0 atom stereocenters. The molecule has 4 heteroatoms. The number of halogens is 2. The molecule has 0 aromatic carbocycles. The quantitative estimate of drug-likeness (QED) is 0.473. The number of hydrogen-bond donors (Lipinski definition) is 0. The molecular formula is C9H9BrClNS. The highest BCUT2D eigenvalue weighted by Gasteiger charge is 1.97. The number of pyridine rings is 1. The molecule has 0 aliphatic carbocycles. The summed E-state index contributed by atoms with van der Waals surface area (Å²) in [5.74, 6) is 1.35. The Hall–Kier alpha value is 0.01000. The summed E-state index contributed by atoms with van der Waals surface area (Å²) < 4.78 is 0.994. The van der Waals surface area contributed by atoms with E-state index in [0.29, 0.717) is 5.88 Å². The van der Waals surface area contributed by atoms with Gasteiger partial charge in [-0.05, 0) is 28.1 Å². The Morgan fingerprint density at radius 3 is 2.92 bits per heavy atom. The predicted octanol–water partition coefficient (Wildman–Crippen LogP) is 3.73.